The number of aromatic amines is 1. The Morgan fingerprint density at radius 1 is 1.38 bits per heavy atom. The van der Waals surface area contributed by atoms with E-state index in [1.165, 1.54) is 18.2 Å². The van der Waals surface area contributed by atoms with Crippen molar-refractivity contribution in [3.05, 3.63) is 51.2 Å². The highest BCUT2D eigenvalue weighted by atomic mass is 35.5. The maximum Gasteiger partial charge on any atom is 0.272 e. The van der Waals surface area contributed by atoms with Crippen LogP contribution < -0.4 is 5.56 Å². The number of aryl methyl sites for hydroxylation is 1. The van der Waals surface area contributed by atoms with Crippen molar-refractivity contribution < 1.29 is 4.39 Å². The number of H-pyrrole nitrogens is 1. The molecular weight excluding hydrogens is 231 g/mol. The van der Waals surface area contributed by atoms with Gasteiger partial charge in [0.25, 0.3) is 5.56 Å². The first-order valence-electron chi connectivity index (χ1n) is 4.59. The van der Waals surface area contributed by atoms with Crippen LogP contribution in [0, 0.1) is 12.7 Å². The van der Waals surface area contributed by atoms with Crippen LogP contribution in [-0.2, 0) is 0 Å². The fourth-order valence-electron chi connectivity index (χ4n) is 1.41. The van der Waals surface area contributed by atoms with Crippen LogP contribution in [0.3, 0.4) is 0 Å². The van der Waals surface area contributed by atoms with E-state index in [2.05, 4.69) is 10.2 Å². The highest BCUT2D eigenvalue weighted by Crippen LogP contribution is 2.19. The summed E-state index contributed by atoms with van der Waals surface area (Å²) >= 11 is 5.68. The second-order valence-electron chi connectivity index (χ2n) is 3.40. The minimum Gasteiger partial charge on any atom is -0.267 e. The molecule has 0 aliphatic heterocycles. The molecule has 1 heterocycles. The van der Waals surface area contributed by atoms with E-state index in [1.54, 1.807) is 13.0 Å². The Morgan fingerprint density at radius 3 is 2.81 bits per heavy atom. The van der Waals surface area contributed by atoms with Gasteiger partial charge in [0.2, 0.25) is 0 Å². The molecule has 16 heavy (non-hydrogen) atoms. The molecule has 0 unspecified atom stereocenters. The van der Waals surface area contributed by atoms with E-state index >= 15 is 0 Å². The second-order valence-corrected chi connectivity index (χ2v) is 3.78. The van der Waals surface area contributed by atoms with Crippen molar-refractivity contribution in [1.29, 1.82) is 0 Å². The van der Waals surface area contributed by atoms with Crippen LogP contribution in [-0.4, -0.2) is 10.2 Å². The number of nitrogens with one attached hydrogen (secondary N) is 1. The smallest absolute Gasteiger partial charge is 0.267 e. The van der Waals surface area contributed by atoms with Gasteiger partial charge in [0.1, 0.15) is 11.0 Å². The van der Waals surface area contributed by atoms with Crippen LogP contribution in [0.1, 0.15) is 5.56 Å². The molecule has 1 N–H and O–H groups in total. The number of halogens is 2. The van der Waals surface area contributed by atoms with Crippen LogP contribution in [0.4, 0.5) is 4.39 Å². The normalized spacial score (nSPS) is 10.4. The zero-order valence-corrected chi connectivity index (χ0v) is 9.18. The first kappa shape index (κ1) is 10.8. The lowest BCUT2D eigenvalue weighted by molar-refractivity contribution is 0.619. The third-order valence-corrected chi connectivity index (χ3v) is 2.43. The number of rotatable bonds is 1. The SMILES string of the molecule is Cc1cc(-c2cc(Cl)n[nH]c2=O)ccc1F. The third-order valence-electron chi connectivity index (χ3n) is 2.24. The molecular formula is C11H8ClFN2O. The van der Waals surface area contributed by atoms with Gasteiger partial charge in [-0.1, -0.05) is 17.7 Å². The number of aromatic nitrogens is 2. The first-order valence-corrected chi connectivity index (χ1v) is 4.97. The number of nitrogens with zero attached hydrogens (tertiary/aromatic N) is 1. The van der Waals surface area contributed by atoms with E-state index in [1.807, 2.05) is 0 Å². The maximum atomic E-state index is 13.1. The van der Waals surface area contributed by atoms with Gasteiger partial charge >= 0.3 is 0 Å². The summed E-state index contributed by atoms with van der Waals surface area (Å²) in [5, 5.41) is 6.02. The molecule has 0 fully saturated rings. The van der Waals surface area contributed by atoms with Gasteiger partial charge in [-0.05, 0) is 36.2 Å². The summed E-state index contributed by atoms with van der Waals surface area (Å²) in [6, 6.07) is 5.89. The largest absolute Gasteiger partial charge is 0.272 e. The van der Waals surface area contributed by atoms with Crippen molar-refractivity contribution in [3.63, 3.8) is 0 Å². The van der Waals surface area contributed by atoms with E-state index in [9.17, 15) is 9.18 Å². The van der Waals surface area contributed by atoms with Gasteiger partial charge in [0.15, 0.2) is 0 Å². The molecule has 1 aromatic heterocycles. The maximum absolute atomic E-state index is 13.1. The van der Waals surface area contributed by atoms with Crippen molar-refractivity contribution in [2.45, 2.75) is 6.92 Å². The molecule has 3 nitrogen and oxygen atoms in total. The Kier molecular flexibility index (Phi) is 2.75. The minimum absolute atomic E-state index is 0.191. The summed E-state index contributed by atoms with van der Waals surface area (Å²) in [6.45, 7) is 1.63. The molecule has 0 saturated heterocycles. The summed E-state index contributed by atoms with van der Waals surface area (Å²) in [7, 11) is 0. The van der Waals surface area contributed by atoms with Gasteiger partial charge in [-0.15, -0.1) is 0 Å². The Bertz CT molecular complexity index is 595. The molecule has 0 aliphatic carbocycles. The number of hydrogen-bond donors (Lipinski definition) is 1. The number of benzene rings is 1. The Hall–Kier alpha value is -1.68. The predicted molar refractivity (Wildman–Crippen MR) is 60.0 cm³/mol. The minimum atomic E-state index is -0.351. The van der Waals surface area contributed by atoms with Crippen LogP contribution in [0.25, 0.3) is 11.1 Å². The first-order chi connectivity index (χ1) is 7.58. The second kappa shape index (κ2) is 4.06. The standard InChI is InChI=1S/C11H8ClFN2O/c1-6-4-7(2-3-9(6)13)8-5-10(12)14-15-11(8)16/h2-5H,1H3,(H,15,16). The zero-order chi connectivity index (χ0) is 11.7. The molecule has 2 rings (SSSR count). The van der Waals surface area contributed by atoms with Crippen LogP contribution in [0.15, 0.2) is 29.1 Å². The van der Waals surface area contributed by atoms with E-state index in [0.717, 1.165) is 0 Å². The van der Waals surface area contributed by atoms with Gasteiger partial charge in [-0.3, -0.25) is 4.79 Å². The molecule has 5 heteroatoms. The molecule has 0 amide bonds. The van der Waals surface area contributed by atoms with Gasteiger partial charge in [0.05, 0.1) is 5.56 Å². The quantitative estimate of drug-likeness (QED) is 0.830. The van der Waals surface area contributed by atoms with Crippen LogP contribution in [0.5, 0.6) is 0 Å². The molecule has 0 saturated carbocycles. The van der Waals surface area contributed by atoms with Crippen molar-refractivity contribution in [2.75, 3.05) is 0 Å². The lowest BCUT2D eigenvalue weighted by Crippen LogP contribution is -2.10. The van der Waals surface area contributed by atoms with Crippen LogP contribution >= 0.6 is 11.6 Å². The zero-order valence-electron chi connectivity index (χ0n) is 8.42. The van der Waals surface area contributed by atoms with Gasteiger partial charge < -0.3 is 0 Å². The summed E-state index contributed by atoms with van der Waals surface area (Å²) in [4.78, 5) is 11.5. The molecule has 0 aliphatic rings. The summed E-state index contributed by atoms with van der Waals surface area (Å²) in [5.41, 5.74) is 1.12. The van der Waals surface area contributed by atoms with Crippen LogP contribution in [0.2, 0.25) is 5.15 Å². The van der Waals surface area contributed by atoms with Gasteiger partial charge in [-0.2, -0.15) is 5.10 Å². The summed E-state index contributed by atoms with van der Waals surface area (Å²) in [5.74, 6) is -0.305. The topological polar surface area (TPSA) is 45.8 Å². The molecule has 82 valence electrons. The summed E-state index contributed by atoms with van der Waals surface area (Å²) < 4.78 is 13.1. The molecule has 0 atom stereocenters. The van der Waals surface area contributed by atoms with E-state index in [0.29, 0.717) is 16.7 Å². The summed E-state index contributed by atoms with van der Waals surface area (Å²) in [6.07, 6.45) is 0. The monoisotopic (exact) mass is 238 g/mol. The highest BCUT2D eigenvalue weighted by Gasteiger charge is 2.06. The van der Waals surface area contributed by atoms with E-state index < -0.39 is 0 Å². The third kappa shape index (κ3) is 1.97. The average molecular weight is 239 g/mol. The van der Waals surface area contributed by atoms with Crippen molar-refractivity contribution in [2.24, 2.45) is 0 Å². The fourth-order valence-corrected chi connectivity index (χ4v) is 1.56. The Labute approximate surface area is 95.9 Å². The highest BCUT2D eigenvalue weighted by molar-refractivity contribution is 6.29. The Morgan fingerprint density at radius 2 is 2.12 bits per heavy atom. The van der Waals surface area contributed by atoms with Crippen molar-refractivity contribution in [1.82, 2.24) is 10.2 Å². The molecule has 0 radical (unpaired) electrons. The Balaban J connectivity index is 2.63. The predicted octanol–water partition coefficient (Wildman–Crippen LogP) is 2.54. The molecule has 0 spiro atoms. The number of hydrogen-bond acceptors (Lipinski definition) is 2. The molecule has 2 aromatic rings. The van der Waals surface area contributed by atoms with Gasteiger partial charge in [0, 0.05) is 0 Å². The average Bonchev–Trinajstić information content (AvgIpc) is 2.26. The van der Waals surface area contributed by atoms with Crippen molar-refractivity contribution >= 4 is 11.6 Å². The van der Waals surface area contributed by atoms with Crippen molar-refractivity contribution in [3.8, 4) is 11.1 Å². The van der Waals surface area contributed by atoms with Gasteiger partial charge in [-0.25, -0.2) is 9.49 Å². The fraction of sp³-hybridized carbons (Fsp3) is 0.0909. The van der Waals surface area contributed by atoms with E-state index in [-0.39, 0.29) is 16.5 Å². The lowest BCUT2D eigenvalue weighted by atomic mass is 10.1. The van der Waals surface area contributed by atoms with E-state index in [4.69, 9.17) is 11.6 Å². The lowest BCUT2D eigenvalue weighted by Gasteiger charge is -2.02. The molecule has 1 aromatic carbocycles. The molecule has 0 bridgehead atoms.